The Kier molecular flexibility index (Phi) is 5.17. The molecule has 0 aromatic rings. The van der Waals surface area contributed by atoms with Crippen molar-refractivity contribution in [3.63, 3.8) is 0 Å². The Hall–Kier alpha value is -0.380. The zero-order valence-corrected chi connectivity index (χ0v) is 14.4. The van der Waals surface area contributed by atoms with Gasteiger partial charge in [-0.15, -0.1) is 0 Å². The summed E-state index contributed by atoms with van der Waals surface area (Å²) in [5, 5.41) is 0. The third kappa shape index (κ3) is 3.20. The predicted molar refractivity (Wildman–Crippen MR) is 80.3 cm³/mol. The SMILES string of the molecule is CCOP(=O)(OCC)[C@H]1C(=O)OC(C)(C)[C@@H]1C1CCCC1. The van der Waals surface area contributed by atoms with Crippen LogP contribution in [0.2, 0.25) is 0 Å². The van der Waals surface area contributed by atoms with Crippen LogP contribution in [0.5, 0.6) is 0 Å². The molecule has 0 spiro atoms. The van der Waals surface area contributed by atoms with Gasteiger partial charge in [0, 0.05) is 5.92 Å². The van der Waals surface area contributed by atoms with Crippen molar-refractivity contribution in [1.29, 1.82) is 0 Å². The summed E-state index contributed by atoms with van der Waals surface area (Å²) in [5.41, 5.74) is -1.39. The van der Waals surface area contributed by atoms with Crippen molar-refractivity contribution in [3.8, 4) is 0 Å². The Morgan fingerprint density at radius 1 is 1.19 bits per heavy atom. The molecule has 21 heavy (non-hydrogen) atoms. The highest BCUT2D eigenvalue weighted by Crippen LogP contribution is 2.62. The van der Waals surface area contributed by atoms with E-state index in [0.717, 1.165) is 25.7 Å². The monoisotopic (exact) mass is 318 g/mol. The molecule has 0 amide bonds. The van der Waals surface area contributed by atoms with Crippen LogP contribution in [0.25, 0.3) is 0 Å². The quantitative estimate of drug-likeness (QED) is 0.551. The highest BCUT2D eigenvalue weighted by molar-refractivity contribution is 7.55. The van der Waals surface area contributed by atoms with Gasteiger partial charge in [0.05, 0.1) is 13.2 Å². The minimum absolute atomic E-state index is 0.101. The highest BCUT2D eigenvalue weighted by atomic mass is 31.2. The fraction of sp³-hybridized carbons (Fsp3) is 0.933. The molecule has 1 saturated heterocycles. The van der Waals surface area contributed by atoms with Gasteiger partial charge < -0.3 is 13.8 Å². The van der Waals surface area contributed by atoms with Gasteiger partial charge in [0.25, 0.3) is 0 Å². The molecule has 0 unspecified atom stereocenters. The minimum Gasteiger partial charge on any atom is -0.459 e. The summed E-state index contributed by atoms with van der Waals surface area (Å²) in [4.78, 5) is 12.4. The van der Waals surface area contributed by atoms with Gasteiger partial charge in [-0.25, -0.2) is 0 Å². The van der Waals surface area contributed by atoms with Crippen LogP contribution in [0.15, 0.2) is 0 Å². The summed E-state index contributed by atoms with van der Waals surface area (Å²) in [6, 6.07) is 0. The van der Waals surface area contributed by atoms with Crippen molar-refractivity contribution in [2.24, 2.45) is 11.8 Å². The van der Waals surface area contributed by atoms with E-state index >= 15 is 0 Å². The molecule has 2 atom stereocenters. The molecule has 0 aromatic heterocycles. The van der Waals surface area contributed by atoms with Crippen molar-refractivity contribution >= 4 is 13.6 Å². The molecular formula is C15H27O5P. The van der Waals surface area contributed by atoms with E-state index in [1.807, 2.05) is 13.8 Å². The molecule has 0 bridgehead atoms. The van der Waals surface area contributed by atoms with Crippen LogP contribution in [0.4, 0.5) is 0 Å². The van der Waals surface area contributed by atoms with E-state index in [2.05, 4.69) is 0 Å². The average molecular weight is 318 g/mol. The first kappa shape index (κ1) is 17.0. The Morgan fingerprint density at radius 2 is 1.71 bits per heavy atom. The Balaban J connectivity index is 2.36. The molecule has 6 heteroatoms. The Morgan fingerprint density at radius 3 is 2.19 bits per heavy atom. The molecule has 2 aliphatic rings. The maximum absolute atomic E-state index is 13.1. The summed E-state index contributed by atoms with van der Waals surface area (Å²) in [5.74, 6) is -0.177. The number of cyclic esters (lactones) is 1. The van der Waals surface area contributed by atoms with Crippen LogP contribution in [0, 0.1) is 11.8 Å². The smallest absolute Gasteiger partial charge is 0.345 e. The first-order valence-electron chi connectivity index (χ1n) is 7.97. The molecule has 5 nitrogen and oxygen atoms in total. The van der Waals surface area contributed by atoms with Gasteiger partial charge in [-0.2, -0.15) is 0 Å². The van der Waals surface area contributed by atoms with E-state index in [1.54, 1.807) is 13.8 Å². The van der Waals surface area contributed by atoms with Crippen LogP contribution in [0.3, 0.4) is 0 Å². The van der Waals surface area contributed by atoms with Crippen LogP contribution < -0.4 is 0 Å². The number of hydrogen-bond donors (Lipinski definition) is 0. The summed E-state index contributed by atoms with van der Waals surface area (Å²) < 4.78 is 29.6. The zero-order valence-electron chi connectivity index (χ0n) is 13.5. The number of carbonyl (C=O) groups excluding carboxylic acids is 1. The fourth-order valence-electron chi connectivity index (χ4n) is 3.94. The number of ether oxygens (including phenoxy) is 1. The second-order valence-electron chi connectivity index (χ2n) is 6.42. The van der Waals surface area contributed by atoms with Crippen molar-refractivity contribution in [2.75, 3.05) is 13.2 Å². The number of hydrogen-bond acceptors (Lipinski definition) is 5. The molecule has 1 heterocycles. The lowest BCUT2D eigenvalue weighted by Crippen LogP contribution is -2.38. The maximum atomic E-state index is 13.1. The second-order valence-corrected chi connectivity index (χ2v) is 8.57. The van der Waals surface area contributed by atoms with Crippen molar-refractivity contribution < 1.29 is 23.1 Å². The topological polar surface area (TPSA) is 61.8 Å². The number of rotatable bonds is 6. The standard InChI is InChI=1S/C15H27O5P/c1-5-18-21(17,19-6-2)13-12(11-9-7-8-10-11)15(3,4)20-14(13)16/h11-13H,5-10H2,1-4H3/t12-,13-/m1/s1. The Bertz CT molecular complexity index is 418. The molecule has 0 N–H and O–H groups in total. The van der Waals surface area contributed by atoms with Crippen LogP contribution in [-0.4, -0.2) is 30.4 Å². The molecule has 0 radical (unpaired) electrons. The van der Waals surface area contributed by atoms with Gasteiger partial charge in [0.15, 0.2) is 5.66 Å². The van der Waals surface area contributed by atoms with E-state index in [-0.39, 0.29) is 19.1 Å². The van der Waals surface area contributed by atoms with E-state index in [9.17, 15) is 9.36 Å². The van der Waals surface area contributed by atoms with E-state index in [1.165, 1.54) is 0 Å². The molecule has 2 rings (SSSR count). The molecule has 0 aromatic carbocycles. The largest absolute Gasteiger partial charge is 0.459 e. The zero-order chi connectivity index (χ0) is 15.7. The summed E-state index contributed by atoms with van der Waals surface area (Å²) in [6.45, 7) is 7.88. The molecular weight excluding hydrogens is 291 g/mol. The molecule has 1 saturated carbocycles. The third-order valence-corrected chi connectivity index (χ3v) is 7.06. The average Bonchev–Trinajstić information content (AvgIpc) is 2.95. The van der Waals surface area contributed by atoms with Gasteiger partial charge >= 0.3 is 13.6 Å². The predicted octanol–water partition coefficient (Wildman–Crippen LogP) is 3.76. The number of carbonyl (C=O) groups is 1. The lowest BCUT2D eigenvalue weighted by atomic mass is 9.78. The lowest BCUT2D eigenvalue weighted by Gasteiger charge is -2.33. The normalized spacial score (nSPS) is 29.8. The van der Waals surface area contributed by atoms with Gasteiger partial charge in [-0.05, 0) is 46.5 Å². The Labute approximate surface area is 127 Å². The van der Waals surface area contributed by atoms with Crippen molar-refractivity contribution in [2.45, 2.75) is 64.6 Å². The third-order valence-electron chi connectivity index (χ3n) is 4.61. The second kappa shape index (κ2) is 6.39. The van der Waals surface area contributed by atoms with E-state index in [0.29, 0.717) is 5.92 Å². The first-order valence-corrected chi connectivity index (χ1v) is 9.58. The molecule has 2 fully saturated rings. The summed E-state index contributed by atoms with van der Waals surface area (Å²) in [7, 11) is -3.49. The minimum atomic E-state index is -3.49. The maximum Gasteiger partial charge on any atom is 0.345 e. The van der Waals surface area contributed by atoms with E-state index < -0.39 is 24.8 Å². The van der Waals surface area contributed by atoms with Crippen molar-refractivity contribution in [1.82, 2.24) is 0 Å². The van der Waals surface area contributed by atoms with E-state index in [4.69, 9.17) is 13.8 Å². The molecule has 122 valence electrons. The summed E-state index contributed by atoms with van der Waals surface area (Å²) in [6.07, 6.45) is 4.43. The van der Waals surface area contributed by atoms with Gasteiger partial charge in [0.2, 0.25) is 0 Å². The first-order chi connectivity index (χ1) is 9.85. The van der Waals surface area contributed by atoms with Crippen LogP contribution in [-0.2, 0) is 23.1 Å². The van der Waals surface area contributed by atoms with Crippen molar-refractivity contribution in [3.05, 3.63) is 0 Å². The summed E-state index contributed by atoms with van der Waals surface area (Å²) >= 11 is 0. The fourth-order valence-corrected chi connectivity index (χ4v) is 6.36. The van der Waals surface area contributed by atoms with Gasteiger partial charge in [-0.3, -0.25) is 9.36 Å². The van der Waals surface area contributed by atoms with Crippen LogP contribution in [0.1, 0.15) is 53.4 Å². The molecule has 1 aliphatic carbocycles. The van der Waals surface area contributed by atoms with Gasteiger partial charge in [-0.1, -0.05) is 12.8 Å². The highest BCUT2D eigenvalue weighted by Gasteiger charge is 2.61. The molecule has 1 aliphatic heterocycles. The lowest BCUT2D eigenvalue weighted by molar-refractivity contribution is -0.146. The van der Waals surface area contributed by atoms with Crippen LogP contribution >= 0.6 is 7.60 Å². The van der Waals surface area contributed by atoms with Gasteiger partial charge in [0.1, 0.15) is 5.60 Å². The number of esters is 1.